The van der Waals surface area contributed by atoms with Gasteiger partial charge in [-0.3, -0.25) is 4.79 Å². The van der Waals surface area contributed by atoms with Gasteiger partial charge in [0.25, 0.3) is 0 Å². The molecule has 0 fully saturated rings. The van der Waals surface area contributed by atoms with Crippen molar-refractivity contribution in [2.75, 3.05) is 5.75 Å². The Morgan fingerprint density at radius 1 is 1.33 bits per heavy atom. The van der Waals surface area contributed by atoms with Crippen molar-refractivity contribution < 1.29 is 4.79 Å². The Morgan fingerprint density at radius 3 is 2.53 bits per heavy atom. The molecule has 1 aromatic carbocycles. The number of Topliss-reactive ketones (excluding diaryl/α,β-unsaturated/α-hetero) is 1. The van der Waals surface area contributed by atoms with Gasteiger partial charge < -0.3 is 0 Å². The predicted molar refractivity (Wildman–Crippen MR) is 67.7 cm³/mol. The minimum absolute atomic E-state index is 0.152. The van der Waals surface area contributed by atoms with E-state index in [1.54, 1.807) is 11.8 Å². The van der Waals surface area contributed by atoms with Crippen LogP contribution in [0.2, 0.25) is 0 Å². The third-order valence-electron chi connectivity index (χ3n) is 1.98. The van der Waals surface area contributed by atoms with Gasteiger partial charge in [0.15, 0.2) is 5.78 Å². The summed E-state index contributed by atoms with van der Waals surface area (Å²) < 4.78 is 0.152. The molecular formula is C13H18OS. The summed E-state index contributed by atoms with van der Waals surface area (Å²) in [6, 6.07) is 7.78. The summed E-state index contributed by atoms with van der Waals surface area (Å²) in [5.74, 6) is 0.783. The molecule has 0 spiro atoms. The zero-order valence-corrected chi connectivity index (χ0v) is 10.6. The molecule has 0 bridgehead atoms. The first-order chi connectivity index (χ1) is 6.88. The minimum atomic E-state index is 0.152. The van der Waals surface area contributed by atoms with Gasteiger partial charge in [-0.25, -0.2) is 0 Å². The van der Waals surface area contributed by atoms with E-state index in [-0.39, 0.29) is 10.5 Å². The quantitative estimate of drug-likeness (QED) is 0.725. The van der Waals surface area contributed by atoms with Crippen LogP contribution in [0.15, 0.2) is 24.3 Å². The van der Waals surface area contributed by atoms with E-state index in [1.165, 1.54) is 0 Å². The van der Waals surface area contributed by atoms with Crippen molar-refractivity contribution in [3.05, 3.63) is 35.4 Å². The highest BCUT2D eigenvalue weighted by Crippen LogP contribution is 2.24. The highest BCUT2D eigenvalue weighted by Gasteiger charge is 2.14. The van der Waals surface area contributed by atoms with Gasteiger partial charge >= 0.3 is 0 Å². The van der Waals surface area contributed by atoms with Crippen LogP contribution >= 0.6 is 11.8 Å². The lowest BCUT2D eigenvalue weighted by Crippen LogP contribution is -2.13. The normalized spacial score (nSPS) is 11.5. The Bertz CT molecular complexity index is 350. The number of hydrogen-bond donors (Lipinski definition) is 0. The molecule has 0 atom stereocenters. The maximum Gasteiger partial charge on any atom is 0.172 e. The Morgan fingerprint density at radius 2 is 2.00 bits per heavy atom. The van der Waals surface area contributed by atoms with Crippen molar-refractivity contribution in [2.24, 2.45) is 0 Å². The molecule has 1 aromatic rings. The van der Waals surface area contributed by atoms with E-state index in [0.29, 0.717) is 5.75 Å². The van der Waals surface area contributed by atoms with Crippen LogP contribution in [0, 0.1) is 6.92 Å². The molecule has 0 aromatic heterocycles. The highest BCUT2D eigenvalue weighted by molar-refractivity contribution is 8.01. The fourth-order valence-electron chi connectivity index (χ4n) is 1.18. The second-order valence-electron chi connectivity index (χ2n) is 4.69. The molecule has 0 aliphatic rings. The van der Waals surface area contributed by atoms with Gasteiger partial charge in [0.2, 0.25) is 0 Å². The topological polar surface area (TPSA) is 17.1 Å². The largest absolute Gasteiger partial charge is 0.293 e. The summed E-state index contributed by atoms with van der Waals surface area (Å²) in [4.78, 5) is 11.8. The van der Waals surface area contributed by atoms with Crippen molar-refractivity contribution in [3.63, 3.8) is 0 Å². The van der Waals surface area contributed by atoms with E-state index < -0.39 is 0 Å². The first-order valence-corrected chi connectivity index (χ1v) is 6.11. The van der Waals surface area contributed by atoms with Gasteiger partial charge in [0.1, 0.15) is 0 Å². The molecule has 0 aliphatic heterocycles. The summed E-state index contributed by atoms with van der Waals surface area (Å²) in [5, 5.41) is 0. The lowest BCUT2D eigenvalue weighted by atomic mass is 10.1. The SMILES string of the molecule is Cc1cccc(C(=O)CSC(C)(C)C)c1. The molecule has 1 rings (SSSR count). The molecule has 2 heteroatoms. The summed E-state index contributed by atoms with van der Waals surface area (Å²) in [6.45, 7) is 8.39. The number of hydrogen-bond acceptors (Lipinski definition) is 2. The Labute approximate surface area is 96.3 Å². The summed E-state index contributed by atoms with van der Waals surface area (Å²) in [5.41, 5.74) is 1.97. The van der Waals surface area contributed by atoms with E-state index >= 15 is 0 Å². The van der Waals surface area contributed by atoms with Crippen molar-refractivity contribution in [2.45, 2.75) is 32.4 Å². The Kier molecular flexibility index (Phi) is 3.97. The first kappa shape index (κ1) is 12.3. The fraction of sp³-hybridized carbons (Fsp3) is 0.462. The number of ketones is 1. The number of rotatable bonds is 3. The minimum Gasteiger partial charge on any atom is -0.293 e. The van der Waals surface area contributed by atoms with Gasteiger partial charge in [0.05, 0.1) is 5.75 Å². The molecule has 0 unspecified atom stereocenters. The second kappa shape index (κ2) is 4.84. The molecule has 0 heterocycles. The van der Waals surface area contributed by atoms with Crippen LogP contribution in [0.4, 0.5) is 0 Å². The number of aryl methyl sites for hydroxylation is 1. The van der Waals surface area contributed by atoms with Crippen LogP contribution < -0.4 is 0 Å². The number of carbonyl (C=O) groups excluding carboxylic acids is 1. The smallest absolute Gasteiger partial charge is 0.172 e. The average molecular weight is 222 g/mol. The highest BCUT2D eigenvalue weighted by atomic mass is 32.2. The second-order valence-corrected chi connectivity index (χ2v) is 6.50. The number of benzene rings is 1. The van der Waals surface area contributed by atoms with E-state index in [4.69, 9.17) is 0 Å². The van der Waals surface area contributed by atoms with Crippen molar-refractivity contribution >= 4 is 17.5 Å². The average Bonchev–Trinajstić information content (AvgIpc) is 2.13. The van der Waals surface area contributed by atoms with Gasteiger partial charge in [-0.2, -0.15) is 0 Å². The summed E-state index contributed by atoms with van der Waals surface area (Å²) in [6.07, 6.45) is 0. The van der Waals surface area contributed by atoms with Crippen LogP contribution in [0.1, 0.15) is 36.7 Å². The summed E-state index contributed by atoms with van der Waals surface area (Å²) in [7, 11) is 0. The zero-order chi connectivity index (χ0) is 11.5. The molecule has 15 heavy (non-hydrogen) atoms. The molecule has 82 valence electrons. The number of thioether (sulfide) groups is 1. The molecule has 0 saturated heterocycles. The van der Waals surface area contributed by atoms with Crippen LogP contribution in [0.3, 0.4) is 0 Å². The fourth-order valence-corrected chi connectivity index (χ4v) is 1.91. The van der Waals surface area contributed by atoms with E-state index in [0.717, 1.165) is 11.1 Å². The molecule has 0 aliphatic carbocycles. The van der Waals surface area contributed by atoms with E-state index in [2.05, 4.69) is 20.8 Å². The van der Waals surface area contributed by atoms with E-state index in [9.17, 15) is 4.79 Å². The molecular weight excluding hydrogens is 204 g/mol. The molecule has 0 saturated carbocycles. The third-order valence-corrected chi connectivity index (χ3v) is 3.25. The molecule has 0 radical (unpaired) electrons. The van der Waals surface area contributed by atoms with Crippen LogP contribution in [0.25, 0.3) is 0 Å². The lowest BCUT2D eigenvalue weighted by molar-refractivity contribution is 0.102. The van der Waals surface area contributed by atoms with E-state index in [1.807, 2.05) is 31.2 Å². The van der Waals surface area contributed by atoms with Crippen molar-refractivity contribution in [1.29, 1.82) is 0 Å². The Hall–Kier alpha value is -0.760. The lowest BCUT2D eigenvalue weighted by Gasteiger charge is -2.16. The molecule has 0 N–H and O–H groups in total. The monoisotopic (exact) mass is 222 g/mol. The van der Waals surface area contributed by atoms with Gasteiger partial charge in [-0.1, -0.05) is 44.5 Å². The predicted octanol–water partition coefficient (Wildman–Crippen LogP) is 3.71. The van der Waals surface area contributed by atoms with Crippen molar-refractivity contribution in [1.82, 2.24) is 0 Å². The Balaban J connectivity index is 2.62. The van der Waals surface area contributed by atoms with Crippen LogP contribution in [0.5, 0.6) is 0 Å². The number of carbonyl (C=O) groups is 1. The van der Waals surface area contributed by atoms with Gasteiger partial charge in [0, 0.05) is 10.3 Å². The van der Waals surface area contributed by atoms with Gasteiger partial charge in [-0.15, -0.1) is 11.8 Å². The molecule has 0 amide bonds. The standard InChI is InChI=1S/C13H18OS/c1-10-6-5-7-11(8-10)12(14)9-15-13(2,3)4/h5-8H,9H2,1-4H3. The van der Waals surface area contributed by atoms with Crippen molar-refractivity contribution in [3.8, 4) is 0 Å². The van der Waals surface area contributed by atoms with Crippen LogP contribution in [-0.2, 0) is 0 Å². The maximum atomic E-state index is 11.8. The maximum absolute atomic E-state index is 11.8. The van der Waals surface area contributed by atoms with Gasteiger partial charge in [-0.05, 0) is 13.0 Å². The zero-order valence-electron chi connectivity index (χ0n) is 9.83. The van der Waals surface area contributed by atoms with Crippen LogP contribution in [-0.4, -0.2) is 16.3 Å². The molecule has 1 nitrogen and oxygen atoms in total. The summed E-state index contributed by atoms with van der Waals surface area (Å²) >= 11 is 1.69. The first-order valence-electron chi connectivity index (χ1n) is 5.12. The third kappa shape index (κ3) is 4.52.